The van der Waals surface area contributed by atoms with Gasteiger partial charge in [-0.05, 0) is 56.9 Å². The number of hydrogen-bond donors (Lipinski definition) is 2. The van der Waals surface area contributed by atoms with Crippen molar-refractivity contribution >= 4 is 0 Å². The Labute approximate surface area is 93.5 Å². The summed E-state index contributed by atoms with van der Waals surface area (Å²) >= 11 is 0. The molecule has 0 heterocycles. The topological polar surface area (TPSA) is 32.3 Å². The maximum Gasteiger partial charge on any atom is 0.0443 e. The van der Waals surface area contributed by atoms with Gasteiger partial charge in [0.1, 0.15) is 0 Å². The molecular formula is C13H25NO. The molecule has 2 N–H and O–H groups in total. The first-order chi connectivity index (χ1) is 7.35. The van der Waals surface area contributed by atoms with Crippen molar-refractivity contribution in [1.82, 2.24) is 5.32 Å². The lowest BCUT2D eigenvalue weighted by Gasteiger charge is -2.37. The quantitative estimate of drug-likeness (QED) is 0.700. The molecule has 0 saturated heterocycles. The van der Waals surface area contributed by atoms with Crippen LogP contribution in [0.2, 0.25) is 0 Å². The predicted octanol–water partition coefficient (Wildman–Crippen LogP) is 2.46. The minimum atomic E-state index is 0.323. The van der Waals surface area contributed by atoms with E-state index in [0.717, 1.165) is 24.4 Å². The van der Waals surface area contributed by atoms with E-state index in [2.05, 4.69) is 5.32 Å². The summed E-state index contributed by atoms with van der Waals surface area (Å²) in [4.78, 5) is 0. The Balaban J connectivity index is 1.67. The number of hydrogen-bond acceptors (Lipinski definition) is 2. The van der Waals surface area contributed by atoms with E-state index in [9.17, 15) is 0 Å². The minimum Gasteiger partial charge on any atom is -0.396 e. The van der Waals surface area contributed by atoms with Crippen LogP contribution in [0.15, 0.2) is 0 Å². The second kappa shape index (κ2) is 5.31. The second-order valence-electron chi connectivity index (χ2n) is 5.51. The molecule has 0 amide bonds. The monoisotopic (exact) mass is 211 g/mol. The van der Waals surface area contributed by atoms with E-state index >= 15 is 0 Å². The molecule has 88 valence electrons. The van der Waals surface area contributed by atoms with Gasteiger partial charge < -0.3 is 10.4 Å². The van der Waals surface area contributed by atoms with Gasteiger partial charge in [-0.15, -0.1) is 0 Å². The molecule has 2 rings (SSSR count). The Morgan fingerprint density at radius 2 is 1.73 bits per heavy atom. The fourth-order valence-corrected chi connectivity index (χ4v) is 3.44. The average Bonchev–Trinajstić information content (AvgIpc) is 2.71. The van der Waals surface area contributed by atoms with Crippen molar-refractivity contribution in [3.8, 4) is 0 Å². The van der Waals surface area contributed by atoms with E-state index in [0.29, 0.717) is 6.61 Å². The summed E-state index contributed by atoms with van der Waals surface area (Å²) in [5, 5.41) is 12.3. The molecule has 2 nitrogen and oxygen atoms in total. The van der Waals surface area contributed by atoms with Crippen LogP contribution < -0.4 is 5.32 Å². The van der Waals surface area contributed by atoms with Gasteiger partial charge in [0.25, 0.3) is 0 Å². The zero-order chi connectivity index (χ0) is 10.6. The molecule has 2 aliphatic rings. The lowest BCUT2D eigenvalue weighted by molar-refractivity contribution is 0.167. The van der Waals surface area contributed by atoms with E-state index in [4.69, 9.17) is 5.11 Å². The van der Waals surface area contributed by atoms with Crippen molar-refractivity contribution in [1.29, 1.82) is 0 Å². The Morgan fingerprint density at radius 3 is 2.33 bits per heavy atom. The van der Waals surface area contributed by atoms with Gasteiger partial charge in [-0.2, -0.15) is 0 Å². The van der Waals surface area contributed by atoms with Gasteiger partial charge >= 0.3 is 0 Å². The molecule has 0 aromatic rings. The van der Waals surface area contributed by atoms with Crippen LogP contribution in [-0.2, 0) is 0 Å². The van der Waals surface area contributed by atoms with E-state index < -0.39 is 0 Å². The molecular weight excluding hydrogens is 186 g/mol. The molecule has 0 unspecified atom stereocenters. The highest BCUT2D eigenvalue weighted by atomic mass is 16.3. The first kappa shape index (κ1) is 11.4. The van der Waals surface area contributed by atoms with Gasteiger partial charge in [0.2, 0.25) is 0 Å². The van der Waals surface area contributed by atoms with Crippen molar-refractivity contribution in [3.05, 3.63) is 0 Å². The minimum absolute atomic E-state index is 0.323. The average molecular weight is 211 g/mol. The Bertz CT molecular complexity index is 177. The number of nitrogens with one attached hydrogen (secondary N) is 1. The molecule has 2 fully saturated rings. The van der Waals surface area contributed by atoms with Gasteiger partial charge in [0.05, 0.1) is 0 Å². The number of aliphatic hydroxyl groups excluding tert-OH is 1. The summed E-state index contributed by atoms with van der Waals surface area (Å²) in [5.74, 6) is 0. The van der Waals surface area contributed by atoms with Gasteiger partial charge in [-0.3, -0.25) is 0 Å². The molecule has 2 saturated carbocycles. The highest BCUT2D eigenvalue weighted by molar-refractivity contribution is 4.91. The van der Waals surface area contributed by atoms with Crippen LogP contribution in [-0.4, -0.2) is 24.3 Å². The normalized spacial score (nSPS) is 26.2. The fourth-order valence-electron chi connectivity index (χ4n) is 3.44. The van der Waals surface area contributed by atoms with Crippen LogP contribution in [0.4, 0.5) is 0 Å². The van der Waals surface area contributed by atoms with Crippen LogP contribution >= 0.6 is 0 Å². The zero-order valence-corrected chi connectivity index (χ0v) is 9.80. The van der Waals surface area contributed by atoms with E-state index in [-0.39, 0.29) is 0 Å². The second-order valence-corrected chi connectivity index (χ2v) is 5.51. The van der Waals surface area contributed by atoms with Crippen LogP contribution in [0.5, 0.6) is 0 Å². The third-order valence-corrected chi connectivity index (χ3v) is 4.48. The van der Waals surface area contributed by atoms with Crippen LogP contribution in [0.3, 0.4) is 0 Å². The van der Waals surface area contributed by atoms with Crippen LogP contribution in [0, 0.1) is 5.41 Å². The highest BCUT2D eigenvalue weighted by Crippen LogP contribution is 2.48. The summed E-state index contributed by atoms with van der Waals surface area (Å²) in [7, 11) is 0. The standard InChI is InChI=1S/C13H25NO/c15-11-3-10-14-12-4-8-13(9-5-12)6-1-2-7-13/h12,14-15H,1-11H2. The predicted molar refractivity (Wildman–Crippen MR) is 62.9 cm³/mol. The maximum atomic E-state index is 8.72. The Kier molecular flexibility index (Phi) is 4.04. The Hall–Kier alpha value is -0.0800. The van der Waals surface area contributed by atoms with Crippen molar-refractivity contribution in [2.75, 3.05) is 13.2 Å². The Morgan fingerprint density at radius 1 is 1.07 bits per heavy atom. The largest absolute Gasteiger partial charge is 0.396 e. The molecule has 0 atom stereocenters. The third kappa shape index (κ3) is 2.94. The van der Waals surface area contributed by atoms with Crippen LogP contribution in [0.1, 0.15) is 57.8 Å². The molecule has 0 bridgehead atoms. The van der Waals surface area contributed by atoms with E-state index in [1.54, 1.807) is 0 Å². The summed E-state index contributed by atoms with van der Waals surface area (Å²) < 4.78 is 0. The van der Waals surface area contributed by atoms with Crippen molar-refractivity contribution in [2.24, 2.45) is 5.41 Å². The highest BCUT2D eigenvalue weighted by Gasteiger charge is 2.37. The SMILES string of the molecule is OCCCNC1CCC2(CCCC2)CC1. The lowest BCUT2D eigenvalue weighted by Crippen LogP contribution is -2.37. The molecule has 0 radical (unpaired) electrons. The number of rotatable bonds is 4. The van der Waals surface area contributed by atoms with Crippen molar-refractivity contribution < 1.29 is 5.11 Å². The summed E-state index contributed by atoms with van der Waals surface area (Å²) in [6.07, 6.45) is 12.5. The zero-order valence-electron chi connectivity index (χ0n) is 9.80. The molecule has 2 heteroatoms. The molecule has 15 heavy (non-hydrogen) atoms. The number of aliphatic hydroxyl groups is 1. The molecule has 2 aliphatic carbocycles. The van der Waals surface area contributed by atoms with Gasteiger partial charge in [0.15, 0.2) is 0 Å². The van der Waals surface area contributed by atoms with Crippen molar-refractivity contribution in [3.63, 3.8) is 0 Å². The van der Waals surface area contributed by atoms with E-state index in [1.165, 1.54) is 51.4 Å². The fraction of sp³-hybridized carbons (Fsp3) is 1.00. The summed E-state index contributed by atoms with van der Waals surface area (Å²) in [6, 6.07) is 0.739. The van der Waals surface area contributed by atoms with Gasteiger partial charge in [0, 0.05) is 12.6 Å². The smallest absolute Gasteiger partial charge is 0.0443 e. The summed E-state index contributed by atoms with van der Waals surface area (Å²) in [6.45, 7) is 1.32. The van der Waals surface area contributed by atoms with Gasteiger partial charge in [-0.1, -0.05) is 12.8 Å². The van der Waals surface area contributed by atoms with Crippen molar-refractivity contribution in [2.45, 2.75) is 63.8 Å². The van der Waals surface area contributed by atoms with E-state index in [1.807, 2.05) is 0 Å². The first-order valence-corrected chi connectivity index (χ1v) is 6.69. The summed E-state index contributed by atoms with van der Waals surface area (Å²) in [5.41, 5.74) is 0.759. The van der Waals surface area contributed by atoms with Crippen LogP contribution in [0.25, 0.3) is 0 Å². The van der Waals surface area contributed by atoms with Gasteiger partial charge in [-0.25, -0.2) is 0 Å². The maximum absolute atomic E-state index is 8.72. The molecule has 1 spiro atoms. The molecule has 0 aromatic heterocycles. The third-order valence-electron chi connectivity index (χ3n) is 4.48. The molecule has 0 aromatic carbocycles. The molecule has 0 aliphatic heterocycles. The lowest BCUT2D eigenvalue weighted by atomic mass is 9.71. The first-order valence-electron chi connectivity index (χ1n) is 6.69.